The number of Topliss-reactive ketones (excluding diaryl/α,β-unsaturated/α-hetero) is 1. The molecule has 1 aliphatic rings. The summed E-state index contributed by atoms with van der Waals surface area (Å²) in [5, 5.41) is 0.859. The molecular weight excluding hydrogens is 380 g/mol. The molecule has 6 heteroatoms. The molecule has 0 saturated carbocycles. The van der Waals surface area contributed by atoms with Crippen LogP contribution in [0.1, 0.15) is 15.9 Å². The van der Waals surface area contributed by atoms with E-state index in [0.29, 0.717) is 17.1 Å². The summed E-state index contributed by atoms with van der Waals surface area (Å²) in [5.74, 6) is 1.81. The minimum atomic E-state index is -0.229. The lowest BCUT2D eigenvalue weighted by Crippen LogP contribution is -2.16. The second-order valence-electron chi connectivity index (χ2n) is 6.04. The number of ether oxygens (including phenoxy) is 2. The molecule has 0 N–H and O–H groups in total. The maximum atomic E-state index is 13.0. The minimum Gasteiger partial charge on any atom is -0.497 e. The number of hydrogen-bond acceptors (Lipinski definition) is 6. The van der Waals surface area contributed by atoms with Gasteiger partial charge in [0.05, 0.1) is 19.8 Å². The van der Waals surface area contributed by atoms with Crippen LogP contribution in [-0.4, -0.2) is 25.8 Å². The minimum absolute atomic E-state index is 0.206. The predicted octanol–water partition coefficient (Wildman–Crippen LogP) is 4.65. The van der Waals surface area contributed by atoms with Crippen LogP contribution >= 0.6 is 23.1 Å². The SMILES string of the molecule is COc1ccc2c(c1)SCC(C(=O)c1cc3ccc(OC)cc3sc1=O)=C2. The van der Waals surface area contributed by atoms with Crippen LogP contribution in [0.5, 0.6) is 11.5 Å². The van der Waals surface area contributed by atoms with Crippen molar-refractivity contribution in [2.24, 2.45) is 0 Å². The fourth-order valence-corrected chi connectivity index (χ4v) is 4.85. The van der Waals surface area contributed by atoms with Gasteiger partial charge in [-0.25, -0.2) is 0 Å². The van der Waals surface area contributed by atoms with Crippen LogP contribution in [0.3, 0.4) is 0 Å². The first kappa shape index (κ1) is 17.8. The predicted molar refractivity (Wildman–Crippen MR) is 111 cm³/mol. The lowest BCUT2D eigenvalue weighted by Gasteiger charge is -2.16. The molecule has 0 fully saturated rings. The van der Waals surface area contributed by atoms with Crippen molar-refractivity contribution in [2.75, 3.05) is 20.0 Å². The molecule has 0 unspecified atom stereocenters. The van der Waals surface area contributed by atoms with E-state index in [9.17, 15) is 9.59 Å². The molecule has 3 aromatic rings. The summed E-state index contributed by atoms with van der Waals surface area (Å²) in [6.07, 6.45) is 1.87. The number of methoxy groups -OCH3 is 2. The third-order valence-electron chi connectivity index (χ3n) is 4.41. The Labute approximate surface area is 164 Å². The fraction of sp³-hybridized carbons (Fsp3) is 0.143. The molecule has 1 aliphatic heterocycles. The standard InChI is InChI=1S/C21H16O4S2/c1-24-15-5-3-12-7-14(11-26-18(12)9-15)20(22)17-8-13-4-6-16(25-2)10-19(13)27-21(17)23/h3-10H,11H2,1-2H3. The first-order valence-corrected chi connectivity index (χ1v) is 10.1. The van der Waals surface area contributed by atoms with E-state index in [0.717, 1.165) is 37.6 Å². The van der Waals surface area contributed by atoms with Crippen molar-refractivity contribution >= 4 is 45.0 Å². The van der Waals surface area contributed by atoms with Crippen molar-refractivity contribution < 1.29 is 14.3 Å². The van der Waals surface area contributed by atoms with E-state index in [1.807, 2.05) is 42.5 Å². The molecule has 0 amide bonds. The molecule has 0 spiro atoms. The summed E-state index contributed by atoms with van der Waals surface area (Å²) < 4.78 is 11.0. The van der Waals surface area contributed by atoms with Gasteiger partial charge in [-0.2, -0.15) is 0 Å². The summed E-state index contributed by atoms with van der Waals surface area (Å²) >= 11 is 2.65. The van der Waals surface area contributed by atoms with E-state index < -0.39 is 0 Å². The van der Waals surface area contributed by atoms with Crippen LogP contribution < -0.4 is 14.2 Å². The van der Waals surface area contributed by atoms with Gasteiger partial charge in [0, 0.05) is 20.9 Å². The van der Waals surface area contributed by atoms with Gasteiger partial charge in [-0.3, -0.25) is 9.59 Å². The first-order valence-electron chi connectivity index (χ1n) is 8.27. The van der Waals surface area contributed by atoms with Gasteiger partial charge in [-0.05, 0) is 53.4 Å². The van der Waals surface area contributed by atoms with Gasteiger partial charge in [0.1, 0.15) is 11.5 Å². The van der Waals surface area contributed by atoms with E-state index in [1.165, 1.54) is 0 Å². The Morgan fingerprint density at radius 1 is 1.00 bits per heavy atom. The second kappa shape index (κ2) is 7.21. The van der Waals surface area contributed by atoms with Gasteiger partial charge in [0.15, 0.2) is 5.78 Å². The zero-order chi connectivity index (χ0) is 19.0. The maximum Gasteiger partial charge on any atom is 0.244 e. The molecule has 2 heterocycles. The Morgan fingerprint density at radius 2 is 1.74 bits per heavy atom. The summed E-state index contributed by atoms with van der Waals surface area (Å²) in [6, 6.07) is 13.0. The largest absolute Gasteiger partial charge is 0.497 e. The number of carbonyl (C=O) groups excluding carboxylic acids is 1. The average Bonchev–Trinajstić information content (AvgIpc) is 2.71. The Morgan fingerprint density at radius 3 is 2.52 bits per heavy atom. The number of thioether (sulfide) groups is 1. The van der Waals surface area contributed by atoms with Crippen LogP contribution in [0.15, 0.2) is 57.7 Å². The van der Waals surface area contributed by atoms with Gasteiger partial charge in [-0.15, -0.1) is 11.8 Å². The Bertz CT molecular complexity index is 1140. The molecule has 2 aromatic carbocycles. The van der Waals surface area contributed by atoms with Gasteiger partial charge in [-0.1, -0.05) is 17.4 Å². The van der Waals surface area contributed by atoms with Gasteiger partial charge in [0.25, 0.3) is 0 Å². The van der Waals surface area contributed by atoms with Crippen molar-refractivity contribution in [1.82, 2.24) is 0 Å². The number of ketones is 1. The molecule has 0 atom stereocenters. The normalized spacial score (nSPS) is 13.0. The highest BCUT2D eigenvalue weighted by molar-refractivity contribution is 7.99. The molecule has 27 heavy (non-hydrogen) atoms. The monoisotopic (exact) mass is 396 g/mol. The topological polar surface area (TPSA) is 52.6 Å². The number of fused-ring (bicyclic) bond motifs is 2. The summed E-state index contributed by atoms with van der Waals surface area (Å²) in [7, 11) is 3.22. The number of benzene rings is 2. The third kappa shape index (κ3) is 3.38. The quantitative estimate of drug-likeness (QED) is 0.601. The smallest absolute Gasteiger partial charge is 0.244 e. The van der Waals surface area contributed by atoms with Crippen molar-refractivity contribution in [1.29, 1.82) is 0 Å². The Balaban J connectivity index is 1.73. The third-order valence-corrected chi connectivity index (χ3v) is 6.51. The molecule has 0 saturated heterocycles. The van der Waals surface area contributed by atoms with Gasteiger partial charge in [0.2, 0.25) is 4.74 Å². The number of hydrogen-bond donors (Lipinski definition) is 0. The fourth-order valence-electron chi connectivity index (χ4n) is 2.95. The molecule has 136 valence electrons. The molecule has 0 bridgehead atoms. The molecule has 0 radical (unpaired) electrons. The van der Waals surface area contributed by atoms with Crippen molar-refractivity contribution in [2.45, 2.75) is 4.90 Å². The maximum absolute atomic E-state index is 13.0. The summed E-state index contributed by atoms with van der Waals surface area (Å²) in [6.45, 7) is 0. The van der Waals surface area contributed by atoms with E-state index in [4.69, 9.17) is 9.47 Å². The number of carbonyl (C=O) groups is 1. The van der Waals surface area contributed by atoms with Crippen LogP contribution in [-0.2, 0) is 0 Å². The van der Waals surface area contributed by atoms with Crippen LogP contribution in [0.2, 0.25) is 0 Å². The number of rotatable bonds is 4. The van der Waals surface area contributed by atoms with Gasteiger partial charge < -0.3 is 9.47 Å². The lowest BCUT2D eigenvalue weighted by atomic mass is 10.0. The highest BCUT2D eigenvalue weighted by Crippen LogP contribution is 2.35. The highest BCUT2D eigenvalue weighted by atomic mass is 32.2. The molecule has 1 aromatic heterocycles. The Kier molecular flexibility index (Phi) is 4.76. The zero-order valence-corrected chi connectivity index (χ0v) is 16.4. The van der Waals surface area contributed by atoms with Crippen LogP contribution in [0.25, 0.3) is 16.2 Å². The highest BCUT2D eigenvalue weighted by Gasteiger charge is 2.21. The van der Waals surface area contributed by atoms with Crippen LogP contribution in [0, 0.1) is 0 Å². The average molecular weight is 396 g/mol. The molecular formula is C21H16O4S2. The summed E-state index contributed by atoms with van der Waals surface area (Å²) in [4.78, 5) is 26.6. The van der Waals surface area contributed by atoms with E-state index >= 15 is 0 Å². The van der Waals surface area contributed by atoms with E-state index in [1.54, 1.807) is 32.0 Å². The van der Waals surface area contributed by atoms with E-state index in [-0.39, 0.29) is 16.1 Å². The van der Waals surface area contributed by atoms with Gasteiger partial charge >= 0.3 is 0 Å². The molecule has 4 rings (SSSR count). The zero-order valence-electron chi connectivity index (χ0n) is 14.8. The van der Waals surface area contributed by atoms with Crippen molar-refractivity contribution in [3.8, 4) is 11.5 Å². The van der Waals surface area contributed by atoms with Crippen molar-refractivity contribution in [3.63, 3.8) is 0 Å². The molecule has 0 aliphatic carbocycles. The summed E-state index contributed by atoms with van der Waals surface area (Å²) in [5.41, 5.74) is 1.83. The Hall–Kier alpha value is -2.57. The second-order valence-corrected chi connectivity index (χ2v) is 8.07. The lowest BCUT2D eigenvalue weighted by molar-refractivity contribution is 0.103. The van der Waals surface area contributed by atoms with Crippen LogP contribution in [0.4, 0.5) is 0 Å². The molecule has 4 nitrogen and oxygen atoms in total. The first-order chi connectivity index (χ1) is 13.1. The van der Waals surface area contributed by atoms with E-state index in [2.05, 4.69) is 0 Å². The van der Waals surface area contributed by atoms with Crippen molar-refractivity contribution in [3.05, 3.63) is 68.7 Å².